The molecule has 0 saturated carbocycles. The Bertz CT molecular complexity index is 898. The molecule has 3 nitrogen and oxygen atoms in total. The number of hydrogen-bond donors (Lipinski definition) is 0. The Labute approximate surface area is 159 Å². The lowest BCUT2D eigenvalue weighted by atomic mass is 10.2. The summed E-state index contributed by atoms with van der Waals surface area (Å²) in [5.74, 6) is -0.631. The van der Waals surface area contributed by atoms with Gasteiger partial charge in [-0.2, -0.15) is 0 Å². The summed E-state index contributed by atoms with van der Waals surface area (Å²) in [4.78, 5) is 18.9. The molecule has 1 aliphatic rings. The first-order valence-corrected chi connectivity index (χ1v) is 9.07. The SMILES string of the molecule is CCN1C(=O)/C(=C\c2cccc(Cl)c2Cl)SC1=Nc1ccccc1F. The van der Waals surface area contributed by atoms with E-state index in [4.69, 9.17) is 23.2 Å². The molecule has 2 aromatic rings. The molecular weight excluding hydrogens is 382 g/mol. The molecule has 0 aromatic heterocycles. The number of amides is 1. The Hall–Kier alpha value is -1.82. The van der Waals surface area contributed by atoms with Crippen LogP contribution in [0.5, 0.6) is 0 Å². The van der Waals surface area contributed by atoms with Gasteiger partial charge in [0.15, 0.2) is 5.17 Å². The molecule has 0 aliphatic carbocycles. The van der Waals surface area contributed by atoms with Gasteiger partial charge in [-0.25, -0.2) is 9.38 Å². The third kappa shape index (κ3) is 3.73. The van der Waals surface area contributed by atoms with Gasteiger partial charge in [0.2, 0.25) is 0 Å². The van der Waals surface area contributed by atoms with Crippen LogP contribution in [0, 0.1) is 5.82 Å². The first kappa shape index (κ1) is 18.0. The van der Waals surface area contributed by atoms with Gasteiger partial charge in [-0.15, -0.1) is 0 Å². The average Bonchev–Trinajstić information content (AvgIpc) is 2.89. The normalized spacial score (nSPS) is 17.8. The summed E-state index contributed by atoms with van der Waals surface area (Å²) < 4.78 is 13.8. The Kier molecular flexibility index (Phi) is 5.47. The van der Waals surface area contributed by atoms with Crippen molar-refractivity contribution in [2.45, 2.75) is 6.92 Å². The highest BCUT2D eigenvalue weighted by molar-refractivity contribution is 8.18. The standard InChI is InChI=1S/C18H13Cl2FN2OS/c1-2-23-17(24)15(10-11-6-5-7-12(19)16(11)20)25-18(23)22-14-9-4-3-8-13(14)21/h3-10H,2H2,1H3/b15-10+,22-18?. The van der Waals surface area contributed by atoms with Gasteiger partial charge in [0, 0.05) is 6.54 Å². The highest BCUT2D eigenvalue weighted by Gasteiger charge is 2.32. The second-order valence-electron chi connectivity index (χ2n) is 5.15. The lowest BCUT2D eigenvalue weighted by Gasteiger charge is -2.12. The molecular formula is C18H13Cl2FN2OS. The van der Waals surface area contributed by atoms with Crippen molar-refractivity contribution in [2.24, 2.45) is 4.99 Å². The van der Waals surface area contributed by atoms with E-state index in [1.807, 2.05) is 6.92 Å². The van der Waals surface area contributed by atoms with Crippen LogP contribution in [-0.4, -0.2) is 22.5 Å². The molecule has 3 rings (SSSR count). The lowest BCUT2D eigenvalue weighted by Crippen LogP contribution is -2.28. The van der Waals surface area contributed by atoms with Crippen molar-refractivity contribution in [3.8, 4) is 0 Å². The maximum atomic E-state index is 13.8. The van der Waals surface area contributed by atoms with Crippen molar-refractivity contribution in [2.75, 3.05) is 6.54 Å². The first-order valence-electron chi connectivity index (χ1n) is 7.50. The second kappa shape index (κ2) is 7.60. The van der Waals surface area contributed by atoms with E-state index >= 15 is 0 Å². The fourth-order valence-electron chi connectivity index (χ4n) is 2.29. The molecule has 2 aromatic carbocycles. The number of carbonyl (C=O) groups is 1. The molecule has 0 N–H and O–H groups in total. The Morgan fingerprint density at radius 2 is 1.96 bits per heavy atom. The number of benzene rings is 2. The van der Waals surface area contributed by atoms with E-state index in [0.717, 1.165) is 0 Å². The topological polar surface area (TPSA) is 32.7 Å². The lowest BCUT2D eigenvalue weighted by molar-refractivity contribution is -0.122. The largest absolute Gasteiger partial charge is 0.287 e. The molecule has 1 heterocycles. The minimum absolute atomic E-state index is 0.193. The summed E-state index contributed by atoms with van der Waals surface area (Å²) >= 11 is 13.4. The van der Waals surface area contributed by atoms with Gasteiger partial charge in [0.05, 0.1) is 15.0 Å². The van der Waals surface area contributed by atoms with Crippen LogP contribution in [0.2, 0.25) is 10.0 Å². The summed E-state index contributed by atoms with van der Waals surface area (Å²) in [5, 5.41) is 1.23. The van der Waals surface area contributed by atoms with E-state index in [9.17, 15) is 9.18 Å². The van der Waals surface area contributed by atoms with E-state index in [1.54, 1.807) is 42.5 Å². The summed E-state index contributed by atoms with van der Waals surface area (Å²) in [6.07, 6.45) is 1.67. The van der Waals surface area contributed by atoms with Crippen LogP contribution >= 0.6 is 35.0 Å². The number of rotatable bonds is 3. The molecule has 25 heavy (non-hydrogen) atoms. The van der Waals surface area contributed by atoms with Crippen LogP contribution in [0.25, 0.3) is 6.08 Å². The van der Waals surface area contributed by atoms with Crippen molar-refractivity contribution >= 4 is 57.8 Å². The van der Waals surface area contributed by atoms with E-state index in [1.165, 1.54) is 22.7 Å². The number of para-hydroxylation sites is 1. The van der Waals surface area contributed by atoms with Crippen molar-refractivity contribution in [3.05, 3.63) is 68.8 Å². The van der Waals surface area contributed by atoms with Gasteiger partial charge in [0.25, 0.3) is 5.91 Å². The molecule has 0 atom stereocenters. The van der Waals surface area contributed by atoms with Crippen LogP contribution in [0.1, 0.15) is 12.5 Å². The predicted molar refractivity (Wildman–Crippen MR) is 103 cm³/mol. The van der Waals surface area contributed by atoms with Gasteiger partial charge in [-0.3, -0.25) is 9.69 Å². The van der Waals surface area contributed by atoms with Crippen LogP contribution in [0.4, 0.5) is 10.1 Å². The van der Waals surface area contributed by atoms with Gasteiger partial charge in [0.1, 0.15) is 11.5 Å². The molecule has 1 amide bonds. The second-order valence-corrected chi connectivity index (χ2v) is 6.94. The number of hydrogen-bond acceptors (Lipinski definition) is 3. The number of likely N-dealkylation sites (N-methyl/N-ethyl adjacent to an activating group) is 1. The van der Waals surface area contributed by atoms with Gasteiger partial charge in [-0.05, 0) is 48.5 Å². The molecule has 1 aliphatic heterocycles. The quantitative estimate of drug-likeness (QED) is 0.620. The number of aliphatic imine (C=N–C) groups is 1. The van der Waals surface area contributed by atoms with Crippen molar-refractivity contribution in [1.29, 1.82) is 0 Å². The molecule has 0 radical (unpaired) electrons. The van der Waals surface area contributed by atoms with Gasteiger partial charge < -0.3 is 0 Å². The summed E-state index contributed by atoms with van der Waals surface area (Å²) in [7, 11) is 0. The zero-order valence-electron chi connectivity index (χ0n) is 13.2. The monoisotopic (exact) mass is 394 g/mol. The Morgan fingerprint density at radius 3 is 2.68 bits per heavy atom. The maximum absolute atomic E-state index is 13.8. The Balaban J connectivity index is 1.99. The fraction of sp³-hybridized carbons (Fsp3) is 0.111. The summed E-state index contributed by atoms with van der Waals surface area (Å²) in [6.45, 7) is 2.27. The number of nitrogens with zero attached hydrogens (tertiary/aromatic N) is 2. The van der Waals surface area contributed by atoms with Gasteiger partial charge in [-0.1, -0.05) is 47.5 Å². The molecule has 0 unspecified atom stereocenters. The number of halogens is 3. The minimum Gasteiger partial charge on any atom is -0.287 e. The zero-order chi connectivity index (χ0) is 18.0. The zero-order valence-corrected chi connectivity index (χ0v) is 15.5. The van der Waals surface area contributed by atoms with Crippen molar-refractivity contribution < 1.29 is 9.18 Å². The molecule has 1 fully saturated rings. The van der Waals surface area contributed by atoms with E-state index in [2.05, 4.69) is 4.99 Å². The molecule has 7 heteroatoms. The van der Waals surface area contributed by atoms with Crippen molar-refractivity contribution in [1.82, 2.24) is 4.90 Å². The predicted octanol–water partition coefficient (Wildman–Crippen LogP) is 5.76. The van der Waals surface area contributed by atoms with Crippen molar-refractivity contribution in [3.63, 3.8) is 0 Å². The van der Waals surface area contributed by atoms with Crippen LogP contribution < -0.4 is 0 Å². The summed E-state index contributed by atoms with van der Waals surface area (Å²) in [5.41, 5.74) is 0.839. The van der Waals surface area contributed by atoms with E-state index < -0.39 is 5.82 Å². The highest BCUT2D eigenvalue weighted by Crippen LogP contribution is 2.36. The third-order valence-electron chi connectivity index (χ3n) is 3.54. The van der Waals surface area contributed by atoms with Crippen LogP contribution in [0.3, 0.4) is 0 Å². The third-order valence-corrected chi connectivity index (χ3v) is 5.38. The van der Waals surface area contributed by atoms with E-state index in [-0.39, 0.29) is 11.6 Å². The first-order chi connectivity index (χ1) is 12.0. The maximum Gasteiger partial charge on any atom is 0.266 e. The number of carbonyl (C=O) groups excluding carboxylic acids is 1. The van der Waals surface area contributed by atoms with E-state index in [0.29, 0.717) is 32.2 Å². The molecule has 128 valence electrons. The van der Waals surface area contributed by atoms with Crippen LogP contribution in [-0.2, 0) is 4.79 Å². The number of thioether (sulfide) groups is 1. The summed E-state index contributed by atoms with van der Waals surface area (Å²) in [6, 6.07) is 11.4. The smallest absolute Gasteiger partial charge is 0.266 e. The molecule has 0 spiro atoms. The average molecular weight is 395 g/mol. The van der Waals surface area contributed by atoms with Crippen LogP contribution in [0.15, 0.2) is 52.4 Å². The number of amidine groups is 1. The Morgan fingerprint density at radius 1 is 1.20 bits per heavy atom. The minimum atomic E-state index is -0.436. The highest BCUT2D eigenvalue weighted by atomic mass is 35.5. The molecule has 1 saturated heterocycles. The molecule has 0 bridgehead atoms. The van der Waals surface area contributed by atoms with Gasteiger partial charge >= 0.3 is 0 Å². The fourth-order valence-corrected chi connectivity index (χ4v) is 3.70.